The first-order valence-corrected chi connectivity index (χ1v) is 10.6. The summed E-state index contributed by atoms with van der Waals surface area (Å²) < 4.78 is 10.6. The first kappa shape index (κ1) is 23.4. The van der Waals surface area contributed by atoms with Crippen LogP contribution in [-0.2, 0) is 9.53 Å². The molecule has 0 unspecified atom stereocenters. The summed E-state index contributed by atoms with van der Waals surface area (Å²) in [7, 11) is 0. The Labute approximate surface area is 195 Å². The summed E-state index contributed by atoms with van der Waals surface area (Å²) in [5.41, 5.74) is 3.98. The number of carbonyl (C=O) groups is 2. The number of rotatable bonds is 8. The van der Waals surface area contributed by atoms with Crippen LogP contribution >= 0.6 is 23.2 Å². The van der Waals surface area contributed by atoms with Crippen molar-refractivity contribution in [1.82, 2.24) is 10.7 Å². The number of nitrogens with zero attached hydrogens (tertiary/aromatic N) is 1. The van der Waals surface area contributed by atoms with Crippen LogP contribution in [0.25, 0.3) is 11.3 Å². The minimum Gasteiger partial charge on any atom is -0.455 e. The fraction of sp³-hybridized carbons (Fsp3) is 0.174. The Morgan fingerprint density at radius 1 is 1.09 bits per heavy atom. The van der Waals surface area contributed by atoms with Gasteiger partial charge in [0.05, 0.1) is 35.3 Å². The summed E-state index contributed by atoms with van der Waals surface area (Å²) in [5, 5.41) is 7.50. The Morgan fingerprint density at radius 3 is 2.59 bits per heavy atom. The number of ether oxygens (including phenoxy) is 1. The average Bonchev–Trinajstić information content (AvgIpc) is 3.25. The van der Waals surface area contributed by atoms with Crippen molar-refractivity contribution in [2.45, 2.75) is 19.4 Å². The first-order valence-electron chi connectivity index (χ1n) is 9.81. The van der Waals surface area contributed by atoms with Crippen molar-refractivity contribution >= 4 is 41.4 Å². The summed E-state index contributed by atoms with van der Waals surface area (Å²) in [6.07, 6.45) is 0.769. The maximum atomic E-state index is 12.4. The molecule has 3 rings (SSSR count). The van der Waals surface area contributed by atoms with Gasteiger partial charge in [-0.3, -0.25) is 4.79 Å². The molecule has 7 nitrogen and oxygen atoms in total. The van der Waals surface area contributed by atoms with E-state index in [1.54, 1.807) is 37.3 Å². The molecule has 1 aromatic heterocycles. The van der Waals surface area contributed by atoms with E-state index in [2.05, 4.69) is 15.8 Å². The molecule has 0 saturated carbocycles. The van der Waals surface area contributed by atoms with Gasteiger partial charge in [-0.15, -0.1) is 0 Å². The van der Waals surface area contributed by atoms with Gasteiger partial charge in [-0.05, 0) is 42.8 Å². The van der Waals surface area contributed by atoms with Crippen LogP contribution in [0.15, 0.2) is 70.2 Å². The van der Waals surface area contributed by atoms with Gasteiger partial charge in [-0.2, -0.15) is 5.10 Å². The number of hydrazone groups is 1. The third-order valence-electron chi connectivity index (χ3n) is 4.37. The van der Waals surface area contributed by atoms with Crippen molar-refractivity contribution in [3.8, 4) is 11.3 Å². The second kappa shape index (κ2) is 11.4. The first-order chi connectivity index (χ1) is 15.5. The van der Waals surface area contributed by atoms with Crippen LogP contribution in [0.1, 0.15) is 30.7 Å². The minimum atomic E-state index is -0.594. The van der Waals surface area contributed by atoms with E-state index in [4.69, 9.17) is 32.4 Å². The predicted molar refractivity (Wildman–Crippen MR) is 124 cm³/mol. The molecule has 9 heteroatoms. The quantitative estimate of drug-likeness (QED) is 0.329. The van der Waals surface area contributed by atoms with E-state index in [0.29, 0.717) is 21.6 Å². The van der Waals surface area contributed by atoms with Crippen LogP contribution in [0.5, 0.6) is 0 Å². The summed E-state index contributed by atoms with van der Waals surface area (Å²) >= 11 is 12.0. The number of amides is 2. The van der Waals surface area contributed by atoms with E-state index in [1.807, 2.05) is 30.3 Å². The number of carbonyl (C=O) groups excluding carboxylic acids is 2. The molecule has 0 saturated heterocycles. The highest BCUT2D eigenvalue weighted by atomic mass is 35.5. The van der Waals surface area contributed by atoms with Crippen LogP contribution < -0.4 is 10.7 Å². The molecule has 0 fully saturated rings. The van der Waals surface area contributed by atoms with E-state index in [-0.39, 0.29) is 18.9 Å². The lowest BCUT2D eigenvalue weighted by Crippen LogP contribution is -2.33. The van der Waals surface area contributed by atoms with E-state index >= 15 is 0 Å². The van der Waals surface area contributed by atoms with Gasteiger partial charge in [0.1, 0.15) is 11.5 Å². The third kappa shape index (κ3) is 6.60. The topological polar surface area (TPSA) is 92.9 Å². The second-order valence-electron chi connectivity index (χ2n) is 6.66. The highest BCUT2D eigenvalue weighted by molar-refractivity contribution is 6.42. The summed E-state index contributed by atoms with van der Waals surface area (Å²) in [6, 6.07) is 17.2. The Kier molecular flexibility index (Phi) is 8.30. The molecule has 0 aliphatic heterocycles. The predicted octanol–water partition coefficient (Wildman–Crippen LogP) is 5.58. The van der Waals surface area contributed by atoms with E-state index in [9.17, 15) is 9.59 Å². The molecule has 32 heavy (non-hydrogen) atoms. The van der Waals surface area contributed by atoms with Crippen LogP contribution in [0.3, 0.4) is 0 Å². The largest absolute Gasteiger partial charge is 0.455 e. The maximum absolute atomic E-state index is 12.4. The Hall–Kier alpha value is -3.29. The van der Waals surface area contributed by atoms with Crippen molar-refractivity contribution < 1.29 is 18.7 Å². The molecule has 166 valence electrons. The molecule has 2 aromatic carbocycles. The van der Waals surface area contributed by atoms with E-state index in [1.165, 1.54) is 6.21 Å². The number of halogens is 2. The number of alkyl carbamates (subject to hydrolysis) is 1. The zero-order valence-electron chi connectivity index (χ0n) is 17.2. The Morgan fingerprint density at radius 2 is 1.88 bits per heavy atom. The summed E-state index contributed by atoms with van der Waals surface area (Å²) in [4.78, 5) is 24.2. The number of furan rings is 1. The van der Waals surface area contributed by atoms with Gasteiger partial charge in [0.15, 0.2) is 0 Å². The molecule has 0 aliphatic carbocycles. The summed E-state index contributed by atoms with van der Waals surface area (Å²) in [6.45, 7) is 1.94. The van der Waals surface area contributed by atoms with Gasteiger partial charge in [-0.25, -0.2) is 10.2 Å². The van der Waals surface area contributed by atoms with Crippen molar-refractivity contribution in [2.24, 2.45) is 5.10 Å². The van der Waals surface area contributed by atoms with Crippen molar-refractivity contribution in [1.29, 1.82) is 0 Å². The average molecular weight is 474 g/mol. The van der Waals surface area contributed by atoms with E-state index in [0.717, 1.165) is 11.1 Å². The third-order valence-corrected chi connectivity index (χ3v) is 5.11. The van der Waals surface area contributed by atoms with Gasteiger partial charge in [-0.1, -0.05) is 53.5 Å². The highest BCUT2D eigenvalue weighted by Gasteiger charge is 2.18. The molecule has 3 aromatic rings. The zero-order valence-corrected chi connectivity index (χ0v) is 18.7. The number of hydrogen-bond donors (Lipinski definition) is 2. The molecule has 2 N–H and O–H groups in total. The van der Waals surface area contributed by atoms with Gasteiger partial charge < -0.3 is 14.5 Å². The summed E-state index contributed by atoms with van der Waals surface area (Å²) in [5.74, 6) is 0.637. The molecule has 0 spiro atoms. The maximum Gasteiger partial charge on any atom is 0.407 e. The van der Waals surface area contributed by atoms with Crippen LogP contribution in [0.4, 0.5) is 4.79 Å². The standard InChI is InChI=1S/C23H21Cl2N3O4/c1-2-31-23(30)27-20(15-6-4-3-5-7-15)13-22(29)28-26-14-17-9-11-21(32-17)16-8-10-18(24)19(25)12-16/h3-12,14,20H,2,13H2,1H3,(H,27,30)(H,28,29)/b26-14-/t20-/m0/s1. The van der Waals surface area contributed by atoms with Crippen molar-refractivity contribution in [3.63, 3.8) is 0 Å². The second-order valence-corrected chi connectivity index (χ2v) is 7.47. The van der Waals surface area contributed by atoms with Crippen molar-refractivity contribution in [3.05, 3.63) is 82.0 Å². The lowest BCUT2D eigenvalue weighted by Gasteiger charge is -2.17. The molecule has 1 atom stereocenters. The lowest BCUT2D eigenvalue weighted by atomic mass is 10.0. The number of nitrogens with one attached hydrogen (secondary N) is 2. The molecule has 0 bridgehead atoms. The highest BCUT2D eigenvalue weighted by Crippen LogP contribution is 2.29. The van der Waals surface area contributed by atoms with Crippen molar-refractivity contribution in [2.75, 3.05) is 6.61 Å². The normalized spacial score (nSPS) is 11.8. The van der Waals surface area contributed by atoms with E-state index < -0.39 is 12.1 Å². The zero-order chi connectivity index (χ0) is 22.9. The molecular formula is C23H21Cl2N3O4. The number of benzene rings is 2. The minimum absolute atomic E-state index is 0.0210. The van der Waals surface area contributed by atoms with Crippen LogP contribution in [0.2, 0.25) is 10.0 Å². The fourth-order valence-electron chi connectivity index (χ4n) is 2.88. The fourth-order valence-corrected chi connectivity index (χ4v) is 3.18. The monoisotopic (exact) mass is 473 g/mol. The lowest BCUT2D eigenvalue weighted by molar-refractivity contribution is -0.121. The molecular weight excluding hydrogens is 453 g/mol. The van der Waals surface area contributed by atoms with Gasteiger partial charge in [0.25, 0.3) is 0 Å². The van der Waals surface area contributed by atoms with Gasteiger partial charge >= 0.3 is 6.09 Å². The van der Waals surface area contributed by atoms with Crippen LogP contribution in [-0.4, -0.2) is 24.8 Å². The SMILES string of the molecule is CCOC(=O)N[C@@H](CC(=O)N/N=C\c1ccc(-c2ccc(Cl)c(Cl)c2)o1)c1ccccc1. The Bertz CT molecular complexity index is 1100. The molecule has 0 radical (unpaired) electrons. The molecule has 2 amide bonds. The van der Waals surface area contributed by atoms with Gasteiger partial charge in [0.2, 0.25) is 5.91 Å². The molecule has 0 aliphatic rings. The number of hydrogen-bond acceptors (Lipinski definition) is 5. The molecule has 1 heterocycles. The smallest absolute Gasteiger partial charge is 0.407 e. The van der Waals surface area contributed by atoms with Crippen LogP contribution in [0, 0.1) is 0 Å². The van der Waals surface area contributed by atoms with Gasteiger partial charge in [0, 0.05) is 5.56 Å². The Balaban J connectivity index is 1.60.